The standard InChI is InChI=1S/C26H29N7O2/c1-26(2,3)35-25(34)33-12-9-17(10-13-33)22-15-20-21(8-11-27-23(20)30-22)29-19-7-5-6-18(14-19)24-31-28-16-32(24)4/h5-9,11,14-16H,10,12-13H2,1-4H3,(H2,27,29,30). The summed E-state index contributed by atoms with van der Waals surface area (Å²) in [6, 6.07) is 12.2. The fourth-order valence-electron chi connectivity index (χ4n) is 4.15. The SMILES string of the molecule is Cn1cnnc1-c1cccc(Nc2ccnc3[nH]c(C4=CCN(C(=O)OC(C)(C)C)CC4)cc23)c1. The van der Waals surface area contributed by atoms with Crippen LogP contribution >= 0.6 is 0 Å². The van der Waals surface area contributed by atoms with Gasteiger partial charge in [0, 0.05) is 48.7 Å². The summed E-state index contributed by atoms with van der Waals surface area (Å²) in [5, 5.41) is 12.7. The van der Waals surface area contributed by atoms with E-state index >= 15 is 0 Å². The van der Waals surface area contributed by atoms with E-state index in [0.29, 0.717) is 13.1 Å². The highest BCUT2D eigenvalue weighted by Crippen LogP contribution is 2.31. The molecule has 0 aliphatic carbocycles. The highest BCUT2D eigenvalue weighted by atomic mass is 16.6. The number of benzene rings is 1. The first kappa shape index (κ1) is 22.6. The van der Waals surface area contributed by atoms with Crippen LogP contribution in [0.25, 0.3) is 28.0 Å². The van der Waals surface area contributed by atoms with Crippen LogP contribution in [-0.4, -0.2) is 54.4 Å². The van der Waals surface area contributed by atoms with Gasteiger partial charge in [0.05, 0.1) is 5.69 Å². The first-order valence-electron chi connectivity index (χ1n) is 11.6. The number of amides is 1. The number of carbonyl (C=O) groups excluding carboxylic acids is 1. The average Bonchev–Trinajstić information content (AvgIpc) is 3.45. The monoisotopic (exact) mass is 471 g/mol. The maximum absolute atomic E-state index is 12.4. The summed E-state index contributed by atoms with van der Waals surface area (Å²) in [5.74, 6) is 0.808. The lowest BCUT2D eigenvalue weighted by Crippen LogP contribution is -2.39. The minimum absolute atomic E-state index is 0.277. The molecule has 0 fully saturated rings. The number of nitrogens with one attached hydrogen (secondary N) is 2. The van der Waals surface area contributed by atoms with Crippen molar-refractivity contribution in [2.75, 3.05) is 18.4 Å². The van der Waals surface area contributed by atoms with E-state index < -0.39 is 5.60 Å². The molecule has 35 heavy (non-hydrogen) atoms. The van der Waals surface area contributed by atoms with E-state index in [1.165, 1.54) is 0 Å². The second-order valence-corrected chi connectivity index (χ2v) is 9.68. The van der Waals surface area contributed by atoms with Crippen molar-refractivity contribution in [3.05, 3.63) is 60.7 Å². The number of carbonyl (C=O) groups is 1. The quantitative estimate of drug-likeness (QED) is 0.428. The number of ether oxygens (including phenoxy) is 1. The Labute approximate surface area is 203 Å². The number of rotatable bonds is 4. The van der Waals surface area contributed by atoms with Crippen LogP contribution in [0.1, 0.15) is 32.9 Å². The van der Waals surface area contributed by atoms with Crippen LogP contribution in [0, 0.1) is 0 Å². The predicted octanol–water partition coefficient (Wildman–Crippen LogP) is 5.13. The zero-order chi connectivity index (χ0) is 24.6. The molecule has 2 N–H and O–H groups in total. The Morgan fingerprint density at radius 3 is 2.77 bits per heavy atom. The number of H-pyrrole nitrogens is 1. The van der Waals surface area contributed by atoms with Crippen LogP contribution in [0.2, 0.25) is 0 Å². The van der Waals surface area contributed by atoms with Gasteiger partial charge in [-0.2, -0.15) is 0 Å². The Morgan fingerprint density at radius 2 is 2.06 bits per heavy atom. The summed E-state index contributed by atoms with van der Waals surface area (Å²) < 4.78 is 7.39. The van der Waals surface area contributed by atoms with Crippen LogP contribution < -0.4 is 5.32 Å². The molecule has 4 heterocycles. The van der Waals surface area contributed by atoms with E-state index in [0.717, 1.165) is 51.5 Å². The normalized spacial score (nSPS) is 14.2. The van der Waals surface area contributed by atoms with E-state index in [1.807, 2.05) is 56.7 Å². The molecule has 0 saturated carbocycles. The van der Waals surface area contributed by atoms with Gasteiger partial charge in [0.1, 0.15) is 17.6 Å². The van der Waals surface area contributed by atoms with Gasteiger partial charge >= 0.3 is 6.09 Å². The second-order valence-electron chi connectivity index (χ2n) is 9.68. The van der Waals surface area contributed by atoms with Crippen molar-refractivity contribution in [1.29, 1.82) is 0 Å². The summed E-state index contributed by atoms with van der Waals surface area (Å²) >= 11 is 0. The maximum atomic E-state index is 12.4. The zero-order valence-electron chi connectivity index (χ0n) is 20.4. The number of anilines is 2. The molecule has 1 aliphatic rings. The van der Waals surface area contributed by atoms with Crippen molar-refractivity contribution in [1.82, 2.24) is 29.6 Å². The molecule has 0 bridgehead atoms. The predicted molar refractivity (Wildman–Crippen MR) is 136 cm³/mol. The molecule has 180 valence electrons. The van der Waals surface area contributed by atoms with E-state index in [2.05, 4.69) is 43.7 Å². The van der Waals surface area contributed by atoms with Crippen LogP contribution in [0.4, 0.5) is 16.2 Å². The second kappa shape index (κ2) is 8.90. The van der Waals surface area contributed by atoms with Crippen LogP contribution in [0.15, 0.2) is 55.0 Å². The van der Waals surface area contributed by atoms with Crippen molar-refractivity contribution in [3.8, 4) is 11.4 Å². The van der Waals surface area contributed by atoms with E-state index in [-0.39, 0.29) is 6.09 Å². The topological polar surface area (TPSA) is 101 Å². The number of aryl methyl sites for hydroxylation is 1. The van der Waals surface area contributed by atoms with E-state index in [4.69, 9.17) is 4.74 Å². The number of aromatic nitrogens is 5. The van der Waals surface area contributed by atoms with E-state index in [1.54, 1.807) is 17.4 Å². The van der Waals surface area contributed by atoms with Gasteiger partial charge in [-0.1, -0.05) is 18.2 Å². The van der Waals surface area contributed by atoms with Gasteiger partial charge < -0.3 is 24.5 Å². The van der Waals surface area contributed by atoms with Gasteiger partial charge in [-0.25, -0.2) is 9.78 Å². The molecule has 5 rings (SSSR count). The molecule has 3 aromatic heterocycles. The Morgan fingerprint density at radius 1 is 1.20 bits per heavy atom. The average molecular weight is 472 g/mol. The third-order valence-electron chi connectivity index (χ3n) is 5.85. The summed E-state index contributed by atoms with van der Waals surface area (Å²) in [7, 11) is 1.93. The van der Waals surface area contributed by atoms with Crippen molar-refractivity contribution in [2.45, 2.75) is 32.8 Å². The number of aromatic amines is 1. The van der Waals surface area contributed by atoms with Crippen molar-refractivity contribution in [2.24, 2.45) is 7.05 Å². The highest BCUT2D eigenvalue weighted by molar-refractivity contribution is 5.94. The minimum Gasteiger partial charge on any atom is -0.444 e. The molecule has 1 aliphatic heterocycles. The molecule has 0 saturated heterocycles. The van der Waals surface area contributed by atoms with Crippen LogP contribution in [-0.2, 0) is 11.8 Å². The molecular weight excluding hydrogens is 442 g/mol. The first-order chi connectivity index (χ1) is 16.8. The third-order valence-corrected chi connectivity index (χ3v) is 5.85. The van der Waals surface area contributed by atoms with Gasteiger partial charge in [0.2, 0.25) is 0 Å². The van der Waals surface area contributed by atoms with Gasteiger partial charge in [0.25, 0.3) is 0 Å². The van der Waals surface area contributed by atoms with Gasteiger partial charge in [-0.05, 0) is 57.0 Å². The molecule has 1 amide bonds. The van der Waals surface area contributed by atoms with E-state index in [9.17, 15) is 4.79 Å². The molecule has 0 atom stereocenters. The fourth-order valence-corrected chi connectivity index (χ4v) is 4.15. The molecule has 9 nitrogen and oxygen atoms in total. The Hall–Kier alpha value is -4.14. The lowest BCUT2D eigenvalue weighted by atomic mass is 10.0. The Kier molecular flexibility index (Phi) is 5.76. The van der Waals surface area contributed by atoms with Crippen molar-refractivity contribution < 1.29 is 9.53 Å². The smallest absolute Gasteiger partial charge is 0.410 e. The first-order valence-corrected chi connectivity index (χ1v) is 11.6. The number of nitrogens with zero attached hydrogens (tertiary/aromatic N) is 5. The number of hydrogen-bond donors (Lipinski definition) is 2. The number of fused-ring (bicyclic) bond motifs is 1. The molecule has 0 spiro atoms. The lowest BCUT2D eigenvalue weighted by Gasteiger charge is -2.29. The largest absolute Gasteiger partial charge is 0.444 e. The van der Waals surface area contributed by atoms with Crippen molar-refractivity contribution in [3.63, 3.8) is 0 Å². The maximum Gasteiger partial charge on any atom is 0.410 e. The van der Waals surface area contributed by atoms with Gasteiger partial charge in [0.15, 0.2) is 5.82 Å². The minimum atomic E-state index is -0.499. The van der Waals surface area contributed by atoms with Crippen LogP contribution in [0.5, 0.6) is 0 Å². The molecule has 9 heteroatoms. The summed E-state index contributed by atoms with van der Waals surface area (Å²) in [5.41, 5.74) is 5.38. The van der Waals surface area contributed by atoms with Gasteiger partial charge in [-0.3, -0.25) is 0 Å². The zero-order valence-corrected chi connectivity index (χ0v) is 20.4. The summed E-state index contributed by atoms with van der Waals surface area (Å²) in [6.45, 7) is 6.78. The summed E-state index contributed by atoms with van der Waals surface area (Å²) in [4.78, 5) is 22.1. The Balaban J connectivity index is 1.36. The van der Waals surface area contributed by atoms with Gasteiger partial charge in [-0.15, -0.1) is 10.2 Å². The highest BCUT2D eigenvalue weighted by Gasteiger charge is 2.24. The number of pyridine rings is 1. The summed E-state index contributed by atoms with van der Waals surface area (Å²) in [6.07, 6.45) is 6.03. The molecule has 0 radical (unpaired) electrons. The third kappa shape index (κ3) is 4.89. The fraction of sp³-hybridized carbons (Fsp3) is 0.308. The molecule has 1 aromatic carbocycles. The number of hydrogen-bond acceptors (Lipinski definition) is 6. The molecule has 0 unspecified atom stereocenters. The van der Waals surface area contributed by atoms with Crippen molar-refractivity contribution >= 4 is 34.1 Å². The Bertz CT molecular complexity index is 1410. The molecule has 4 aromatic rings. The van der Waals surface area contributed by atoms with Crippen LogP contribution in [0.3, 0.4) is 0 Å². The lowest BCUT2D eigenvalue weighted by molar-refractivity contribution is 0.0270. The molecular formula is C26H29N7O2.